The van der Waals surface area contributed by atoms with Crippen LogP contribution in [0.3, 0.4) is 0 Å². The fourth-order valence-electron chi connectivity index (χ4n) is 1.28. The Morgan fingerprint density at radius 3 is 2.20 bits per heavy atom. The Balaban J connectivity index is 2.97. The summed E-state index contributed by atoms with van der Waals surface area (Å²) >= 11 is 0. The van der Waals surface area contributed by atoms with Crippen LogP contribution in [0.5, 0.6) is 0 Å². The maximum atomic E-state index is 10.7. The molecule has 0 bridgehead atoms. The summed E-state index contributed by atoms with van der Waals surface area (Å²) < 4.78 is -0.450. The van der Waals surface area contributed by atoms with E-state index in [1.54, 1.807) is 12.1 Å². The van der Waals surface area contributed by atoms with E-state index in [4.69, 9.17) is 35.1 Å². The fraction of sp³-hybridized carbons (Fsp3) is 0.222. The molecule has 0 saturated carbocycles. The number of carboxylic acid groups (broad SMARTS) is 1. The third-order valence-corrected chi connectivity index (χ3v) is 8.87. The molecule has 0 heterocycles. The zero-order chi connectivity index (χ0) is 11.5. The van der Waals surface area contributed by atoms with Gasteiger partial charge < -0.3 is 0 Å². The molecular formula is C9H9Cl3GeO2. The summed E-state index contributed by atoms with van der Waals surface area (Å²) in [5, 5.41) is 8.76. The Hall–Kier alpha value is 0.103. The molecule has 15 heavy (non-hydrogen) atoms. The van der Waals surface area contributed by atoms with Crippen LogP contribution in [0.25, 0.3) is 0 Å². The third-order valence-electron chi connectivity index (χ3n) is 1.98. The fourth-order valence-corrected chi connectivity index (χ4v) is 6.50. The average molecular weight is 328 g/mol. The van der Waals surface area contributed by atoms with Crippen LogP contribution in [0, 0.1) is 0 Å². The number of carboxylic acids is 1. The summed E-state index contributed by atoms with van der Waals surface area (Å²) in [5.41, 5.74) is 0.792. The molecule has 0 spiro atoms. The van der Waals surface area contributed by atoms with Crippen LogP contribution in [-0.4, -0.2) is 21.6 Å². The summed E-state index contributed by atoms with van der Waals surface area (Å²) in [6.07, 6.45) is -0.124. The number of hydrogen-bond donors (Lipinski definition) is 1. The molecule has 6 heteroatoms. The number of aliphatic carboxylic acids is 1. The Bertz CT molecular complexity index is 337. The van der Waals surface area contributed by atoms with Gasteiger partial charge in [-0.3, -0.25) is 0 Å². The molecular weight excluding hydrogens is 319 g/mol. The van der Waals surface area contributed by atoms with Crippen molar-refractivity contribution in [3.05, 3.63) is 35.9 Å². The molecule has 1 aromatic carbocycles. The van der Waals surface area contributed by atoms with Gasteiger partial charge in [-0.1, -0.05) is 0 Å². The van der Waals surface area contributed by atoms with Gasteiger partial charge >= 0.3 is 103 Å². The third kappa shape index (κ3) is 4.23. The molecule has 0 fully saturated rings. The maximum absolute atomic E-state index is 10.7. The van der Waals surface area contributed by atoms with Gasteiger partial charge in [0.25, 0.3) is 0 Å². The molecule has 0 saturated heterocycles. The molecule has 0 aromatic heterocycles. The van der Waals surface area contributed by atoms with Crippen LogP contribution in [0.15, 0.2) is 30.3 Å². The van der Waals surface area contributed by atoms with Crippen molar-refractivity contribution in [3.63, 3.8) is 0 Å². The number of hydrogen-bond acceptors (Lipinski definition) is 1. The van der Waals surface area contributed by atoms with Gasteiger partial charge in [0.1, 0.15) is 0 Å². The molecule has 0 aliphatic rings. The molecule has 0 aliphatic carbocycles. The molecule has 82 valence electrons. The van der Waals surface area contributed by atoms with Crippen molar-refractivity contribution in [2.75, 3.05) is 0 Å². The predicted molar refractivity (Wildman–Crippen MR) is 64.7 cm³/mol. The van der Waals surface area contributed by atoms with Gasteiger partial charge in [0.15, 0.2) is 0 Å². The van der Waals surface area contributed by atoms with Crippen LogP contribution < -0.4 is 0 Å². The number of halogens is 3. The molecule has 1 N–H and O–H groups in total. The first-order valence-corrected chi connectivity index (χ1v) is 13.7. The van der Waals surface area contributed by atoms with Gasteiger partial charge in [-0.15, -0.1) is 0 Å². The van der Waals surface area contributed by atoms with Gasteiger partial charge in [0, 0.05) is 0 Å². The molecule has 2 nitrogen and oxygen atoms in total. The Morgan fingerprint density at radius 1 is 1.27 bits per heavy atom. The summed E-state index contributed by atoms with van der Waals surface area (Å²) in [6.45, 7) is 0. The van der Waals surface area contributed by atoms with Gasteiger partial charge in [-0.25, -0.2) is 0 Å². The van der Waals surface area contributed by atoms with E-state index in [2.05, 4.69) is 0 Å². The number of carbonyl (C=O) groups is 1. The minimum atomic E-state index is -3.56. The van der Waals surface area contributed by atoms with E-state index >= 15 is 0 Å². The monoisotopic (exact) mass is 328 g/mol. The van der Waals surface area contributed by atoms with Crippen molar-refractivity contribution in [2.24, 2.45) is 0 Å². The summed E-state index contributed by atoms with van der Waals surface area (Å²) in [7, 11) is 14.2. The first kappa shape index (κ1) is 13.2. The van der Waals surface area contributed by atoms with Crippen molar-refractivity contribution >= 4 is 46.5 Å². The molecule has 1 rings (SSSR count). The van der Waals surface area contributed by atoms with Gasteiger partial charge in [0.2, 0.25) is 0 Å². The van der Waals surface area contributed by atoms with Crippen LogP contribution in [0.1, 0.15) is 16.7 Å². The number of rotatable bonds is 4. The predicted octanol–water partition coefficient (Wildman–Crippen LogP) is 3.44. The topological polar surface area (TPSA) is 37.3 Å². The summed E-state index contributed by atoms with van der Waals surface area (Å²) in [5.74, 6) is -0.944. The molecule has 0 aliphatic heterocycles. The Morgan fingerprint density at radius 2 is 1.80 bits per heavy atom. The summed E-state index contributed by atoms with van der Waals surface area (Å²) in [4.78, 5) is 10.7. The van der Waals surface area contributed by atoms with E-state index < -0.39 is 21.2 Å². The van der Waals surface area contributed by atoms with E-state index in [9.17, 15) is 4.79 Å². The second-order valence-electron chi connectivity index (χ2n) is 3.10. The normalized spacial score (nSPS) is 13.5. The van der Waals surface area contributed by atoms with E-state index in [0.717, 1.165) is 5.56 Å². The van der Waals surface area contributed by atoms with Crippen molar-refractivity contribution in [2.45, 2.75) is 11.2 Å². The second kappa shape index (κ2) is 5.44. The van der Waals surface area contributed by atoms with Crippen molar-refractivity contribution < 1.29 is 9.90 Å². The van der Waals surface area contributed by atoms with Crippen LogP contribution in [-0.2, 0) is 4.79 Å². The van der Waals surface area contributed by atoms with Crippen LogP contribution in [0.2, 0.25) is 0 Å². The van der Waals surface area contributed by atoms with E-state index in [1.165, 1.54) is 0 Å². The Labute approximate surface area is 103 Å². The van der Waals surface area contributed by atoms with E-state index in [-0.39, 0.29) is 6.42 Å². The van der Waals surface area contributed by atoms with Crippen LogP contribution >= 0.6 is 30.0 Å². The number of benzene rings is 1. The quantitative estimate of drug-likeness (QED) is 0.860. The van der Waals surface area contributed by atoms with Gasteiger partial charge in [-0.05, 0) is 0 Å². The molecule has 1 unspecified atom stereocenters. The van der Waals surface area contributed by atoms with Crippen molar-refractivity contribution in [1.29, 1.82) is 0 Å². The molecule has 0 amide bonds. The first-order chi connectivity index (χ1) is 6.91. The summed E-state index contributed by atoms with van der Waals surface area (Å²) in [6, 6.07) is 9.04. The molecule has 1 atom stereocenters. The second-order valence-corrected chi connectivity index (χ2v) is 19.1. The van der Waals surface area contributed by atoms with Gasteiger partial charge in [-0.2, -0.15) is 0 Å². The minimum absolute atomic E-state index is 0.124. The van der Waals surface area contributed by atoms with Crippen molar-refractivity contribution in [3.8, 4) is 0 Å². The first-order valence-electron chi connectivity index (χ1n) is 4.24. The molecule has 1 aromatic rings. The SMILES string of the molecule is O=C(O)C[CH](c1ccccc1)[Ge]([Cl])([Cl])[Cl]. The van der Waals surface area contributed by atoms with Gasteiger partial charge in [0.05, 0.1) is 0 Å². The standard InChI is InChI=1S/C9H9Cl3GeO2/c10-13(11,12)8(6-9(14)15)7-4-2-1-3-5-7/h1-5,8H,6H2,(H,14,15). The zero-order valence-corrected chi connectivity index (χ0v) is 12.0. The molecule has 0 radical (unpaired) electrons. The average Bonchev–Trinajstić information content (AvgIpc) is 2.14. The van der Waals surface area contributed by atoms with E-state index in [1.807, 2.05) is 18.2 Å². The van der Waals surface area contributed by atoms with Crippen molar-refractivity contribution in [1.82, 2.24) is 0 Å². The zero-order valence-electron chi connectivity index (χ0n) is 7.66. The van der Waals surface area contributed by atoms with Crippen LogP contribution in [0.4, 0.5) is 0 Å². The Kier molecular flexibility index (Phi) is 4.77. The van der Waals surface area contributed by atoms with E-state index in [0.29, 0.717) is 0 Å².